The van der Waals surface area contributed by atoms with Crippen molar-refractivity contribution in [2.45, 2.75) is 25.6 Å². The Labute approximate surface area is 203 Å². The first-order valence-electron chi connectivity index (χ1n) is 11.0. The Balaban J connectivity index is 1.56. The number of hydrogen-bond acceptors (Lipinski definition) is 4. The highest BCUT2D eigenvalue weighted by molar-refractivity contribution is 7.80. The molecular weight excluding hydrogens is 444 g/mol. The zero-order valence-electron chi connectivity index (χ0n) is 18.6. The van der Waals surface area contributed by atoms with E-state index in [2.05, 4.69) is 42.3 Å². The van der Waals surface area contributed by atoms with E-state index in [9.17, 15) is 4.79 Å². The van der Waals surface area contributed by atoms with Crippen LogP contribution in [0.3, 0.4) is 0 Å². The van der Waals surface area contributed by atoms with Crippen molar-refractivity contribution < 1.29 is 4.79 Å². The Bertz CT molecular complexity index is 1290. The number of rotatable bonds is 6. The third-order valence-electron chi connectivity index (χ3n) is 5.79. The Kier molecular flexibility index (Phi) is 6.05. The van der Waals surface area contributed by atoms with Crippen LogP contribution in [0.4, 0.5) is 11.4 Å². The minimum Gasteiger partial charge on any atom is -0.351 e. The van der Waals surface area contributed by atoms with E-state index in [1.807, 2.05) is 72.9 Å². The van der Waals surface area contributed by atoms with Crippen LogP contribution < -0.4 is 15.5 Å². The van der Waals surface area contributed by atoms with Gasteiger partial charge in [0.25, 0.3) is 0 Å². The number of nitrogens with zero attached hydrogens (tertiary/aromatic N) is 4. The van der Waals surface area contributed by atoms with Gasteiger partial charge in [0.05, 0.1) is 24.0 Å². The smallest absolute Gasteiger partial charge is 0.221 e. The van der Waals surface area contributed by atoms with Crippen LogP contribution in [-0.2, 0) is 11.3 Å². The molecule has 1 saturated heterocycles. The second-order valence-corrected chi connectivity index (χ2v) is 8.49. The van der Waals surface area contributed by atoms with Crippen molar-refractivity contribution in [3.63, 3.8) is 0 Å². The molecule has 34 heavy (non-hydrogen) atoms. The van der Waals surface area contributed by atoms with Gasteiger partial charge in [-0.3, -0.25) is 14.8 Å². The summed E-state index contributed by atoms with van der Waals surface area (Å²) in [4.78, 5) is 22.7. The predicted molar refractivity (Wildman–Crippen MR) is 136 cm³/mol. The van der Waals surface area contributed by atoms with Gasteiger partial charge in [-0.25, -0.2) is 0 Å². The first-order valence-corrected chi connectivity index (χ1v) is 11.4. The molecule has 1 aromatic carbocycles. The Morgan fingerprint density at radius 1 is 1.00 bits per heavy atom. The fourth-order valence-electron chi connectivity index (χ4n) is 4.35. The van der Waals surface area contributed by atoms with Crippen molar-refractivity contribution >= 4 is 34.6 Å². The van der Waals surface area contributed by atoms with Crippen LogP contribution in [0.15, 0.2) is 91.4 Å². The van der Waals surface area contributed by atoms with Crippen LogP contribution in [0.5, 0.6) is 0 Å². The predicted octanol–water partition coefficient (Wildman–Crippen LogP) is 4.46. The van der Waals surface area contributed by atoms with E-state index in [0.717, 1.165) is 28.5 Å². The van der Waals surface area contributed by atoms with E-state index in [1.165, 1.54) is 6.92 Å². The van der Waals surface area contributed by atoms with Crippen LogP contribution >= 0.6 is 12.2 Å². The van der Waals surface area contributed by atoms with Crippen molar-refractivity contribution in [2.24, 2.45) is 0 Å². The van der Waals surface area contributed by atoms with Crippen molar-refractivity contribution in [2.75, 3.05) is 10.2 Å². The molecule has 2 N–H and O–H groups in total. The number of hydrogen-bond donors (Lipinski definition) is 2. The highest BCUT2D eigenvalue weighted by Crippen LogP contribution is 2.41. The van der Waals surface area contributed by atoms with E-state index >= 15 is 0 Å². The molecule has 0 radical (unpaired) electrons. The monoisotopic (exact) mass is 468 g/mol. The second kappa shape index (κ2) is 9.44. The van der Waals surface area contributed by atoms with Crippen LogP contribution in [0.2, 0.25) is 0 Å². The molecule has 170 valence electrons. The molecule has 7 nitrogen and oxygen atoms in total. The normalized spacial score (nSPS) is 17.4. The van der Waals surface area contributed by atoms with Crippen LogP contribution in [0.1, 0.15) is 36.1 Å². The summed E-state index contributed by atoms with van der Waals surface area (Å²) in [5.41, 5.74) is 4.66. The molecule has 8 heteroatoms. The van der Waals surface area contributed by atoms with E-state index in [1.54, 1.807) is 6.20 Å². The topological polar surface area (TPSA) is 75.1 Å². The number of pyridine rings is 2. The van der Waals surface area contributed by atoms with Gasteiger partial charge < -0.3 is 20.1 Å². The number of benzene rings is 1. The van der Waals surface area contributed by atoms with Crippen LogP contribution in [0.25, 0.3) is 0 Å². The maximum Gasteiger partial charge on any atom is 0.221 e. The molecule has 1 aliphatic rings. The van der Waals surface area contributed by atoms with Gasteiger partial charge in [0, 0.05) is 42.6 Å². The third kappa shape index (κ3) is 4.40. The Morgan fingerprint density at radius 3 is 2.44 bits per heavy atom. The molecule has 4 heterocycles. The molecule has 1 fully saturated rings. The van der Waals surface area contributed by atoms with Gasteiger partial charge in [0.15, 0.2) is 5.11 Å². The molecule has 0 aliphatic carbocycles. The van der Waals surface area contributed by atoms with Crippen LogP contribution in [-0.4, -0.2) is 25.6 Å². The van der Waals surface area contributed by atoms with E-state index in [4.69, 9.17) is 12.2 Å². The summed E-state index contributed by atoms with van der Waals surface area (Å²) in [6, 6.07) is 23.5. The highest BCUT2D eigenvalue weighted by Gasteiger charge is 2.42. The van der Waals surface area contributed by atoms with Crippen molar-refractivity contribution in [1.82, 2.24) is 19.9 Å². The molecule has 1 aliphatic heterocycles. The van der Waals surface area contributed by atoms with Gasteiger partial charge in [-0.05, 0) is 72.9 Å². The van der Waals surface area contributed by atoms with Crippen molar-refractivity contribution in [1.29, 1.82) is 0 Å². The average Bonchev–Trinajstić information content (AvgIpc) is 3.44. The lowest BCUT2D eigenvalue weighted by Crippen LogP contribution is -2.30. The lowest BCUT2D eigenvalue weighted by atomic mass is 10.0. The Hall–Kier alpha value is -4.04. The van der Waals surface area contributed by atoms with Gasteiger partial charge in [-0.2, -0.15) is 0 Å². The summed E-state index contributed by atoms with van der Waals surface area (Å²) in [6.07, 6.45) is 5.68. The van der Waals surface area contributed by atoms with Crippen molar-refractivity contribution in [3.05, 3.63) is 108 Å². The van der Waals surface area contributed by atoms with Gasteiger partial charge in [0.1, 0.15) is 6.04 Å². The SMILES string of the molecule is CC(=O)Nc1ccc(N2C(=S)N[C@H](c3ccccn3)[C@@H]2c2cccn2Cc2ccccn2)cc1. The summed E-state index contributed by atoms with van der Waals surface area (Å²) >= 11 is 5.82. The summed E-state index contributed by atoms with van der Waals surface area (Å²) in [5, 5.41) is 6.93. The molecule has 0 saturated carbocycles. The number of carbonyl (C=O) groups excluding carboxylic acids is 1. The standard InChI is InChI=1S/C26H24N6OS/c1-18(33)29-19-10-12-21(13-11-19)32-25(24(30-26(32)34)22-8-3-5-15-28-22)23-9-6-16-31(23)17-20-7-2-4-14-27-20/h2-16,24-25H,17H2,1H3,(H,29,33)(H,30,34)/t24-,25+/m1/s1. The number of anilines is 2. The highest BCUT2D eigenvalue weighted by atomic mass is 32.1. The Morgan fingerprint density at radius 2 is 1.76 bits per heavy atom. The minimum absolute atomic E-state index is 0.105. The number of carbonyl (C=O) groups is 1. The summed E-state index contributed by atoms with van der Waals surface area (Å²) in [6.45, 7) is 2.15. The maximum absolute atomic E-state index is 11.4. The average molecular weight is 469 g/mol. The second-order valence-electron chi connectivity index (χ2n) is 8.11. The fourth-order valence-corrected chi connectivity index (χ4v) is 4.69. The van der Waals surface area contributed by atoms with E-state index in [-0.39, 0.29) is 18.0 Å². The maximum atomic E-state index is 11.4. The zero-order chi connectivity index (χ0) is 23.5. The summed E-state index contributed by atoms with van der Waals surface area (Å²) in [7, 11) is 0. The molecule has 1 amide bonds. The number of thiocarbonyl (C=S) groups is 1. The molecule has 0 bridgehead atoms. The molecular formula is C26H24N6OS. The first-order chi connectivity index (χ1) is 16.6. The van der Waals surface area contributed by atoms with Gasteiger partial charge in [-0.15, -0.1) is 0 Å². The number of nitrogens with one attached hydrogen (secondary N) is 2. The fraction of sp³-hybridized carbons (Fsp3) is 0.154. The van der Waals surface area contributed by atoms with Crippen molar-refractivity contribution in [3.8, 4) is 0 Å². The van der Waals surface area contributed by atoms with Gasteiger partial charge in [0.2, 0.25) is 5.91 Å². The van der Waals surface area contributed by atoms with Gasteiger partial charge >= 0.3 is 0 Å². The summed E-state index contributed by atoms with van der Waals surface area (Å²) < 4.78 is 2.21. The minimum atomic E-state index is -0.138. The molecule has 4 aromatic rings. The number of amides is 1. The third-order valence-corrected chi connectivity index (χ3v) is 6.10. The summed E-state index contributed by atoms with van der Waals surface area (Å²) in [5.74, 6) is -0.105. The lowest BCUT2D eigenvalue weighted by Gasteiger charge is -2.29. The molecule has 2 atom stereocenters. The molecule has 0 spiro atoms. The number of aromatic nitrogens is 3. The van der Waals surface area contributed by atoms with Gasteiger partial charge in [-0.1, -0.05) is 12.1 Å². The molecule has 5 rings (SSSR count). The van der Waals surface area contributed by atoms with E-state index < -0.39 is 0 Å². The van der Waals surface area contributed by atoms with E-state index in [0.29, 0.717) is 11.7 Å². The quantitative estimate of drug-likeness (QED) is 0.407. The largest absolute Gasteiger partial charge is 0.351 e. The lowest BCUT2D eigenvalue weighted by molar-refractivity contribution is -0.114. The van der Waals surface area contributed by atoms with Crippen LogP contribution in [0, 0.1) is 0 Å². The zero-order valence-corrected chi connectivity index (χ0v) is 19.4. The molecule has 0 unspecified atom stereocenters. The molecule has 3 aromatic heterocycles. The first kappa shape index (κ1) is 21.8.